The van der Waals surface area contributed by atoms with Gasteiger partial charge in [-0.25, -0.2) is 0 Å². The first-order chi connectivity index (χ1) is 10.4. The average Bonchev–Trinajstić information content (AvgIpc) is 2.41. The van der Waals surface area contributed by atoms with E-state index in [9.17, 15) is 13.2 Å². The van der Waals surface area contributed by atoms with E-state index in [1.54, 1.807) is 14.7 Å². The topological polar surface area (TPSA) is 90.3 Å². The summed E-state index contributed by atoms with van der Waals surface area (Å²) in [6.07, 6.45) is -5.04. The van der Waals surface area contributed by atoms with Crippen LogP contribution in [0.1, 0.15) is 0 Å². The maximum atomic E-state index is 12.2. The van der Waals surface area contributed by atoms with Crippen LogP contribution in [0, 0.1) is 34.0 Å². The highest BCUT2D eigenvalue weighted by Gasteiger charge is 2.34. The van der Waals surface area contributed by atoms with Crippen LogP contribution in [0.5, 0.6) is 0 Å². The molecule has 0 aromatic carbocycles. The average molecular weight is 316 g/mol. The molecular formula is C12H15F3N6O. The first-order valence-electron chi connectivity index (χ1n) is 6.37. The van der Waals surface area contributed by atoms with Gasteiger partial charge in [0.15, 0.2) is 0 Å². The van der Waals surface area contributed by atoms with E-state index in [4.69, 9.17) is 15.8 Å². The van der Waals surface area contributed by atoms with E-state index in [2.05, 4.69) is 4.74 Å². The van der Waals surface area contributed by atoms with Gasteiger partial charge in [-0.15, -0.1) is 0 Å². The predicted molar refractivity (Wildman–Crippen MR) is 67.4 cm³/mol. The number of alkyl halides is 3. The summed E-state index contributed by atoms with van der Waals surface area (Å²) in [5.74, 6) is 0. The summed E-state index contributed by atoms with van der Waals surface area (Å²) < 4.78 is 41.2. The summed E-state index contributed by atoms with van der Waals surface area (Å²) in [6.45, 7) is -1.13. The van der Waals surface area contributed by atoms with Crippen molar-refractivity contribution in [1.29, 1.82) is 15.8 Å². The number of hydrogen-bond acceptors (Lipinski definition) is 7. The monoisotopic (exact) mass is 316 g/mol. The van der Waals surface area contributed by atoms with Gasteiger partial charge in [-0.05, 0) is 0 Å². The lowest BCUT2D eigenvalue weighted by Gasteiger charge is -2.46. The maximum absolute atomic E-state index is 12.2. The van der Waals surface area contributed by atoms with Crippen molar-refractivity contribution < 1.29 is 17.9 Å². The molecule has 1 aliphatic rings. The number of rotatable bonds is 6. The van der Waals surface area contributed by atoms with Gasteiger partial charge in [0.25, 0.3) is 0 Å². The third-order valence-corrected chi connectivity index (χ3v) is 2.98. The Kier molecular flexibility index (Phi) is 7.03. The van der Waals surface area contributed by atoms with E-state index in [1.807, 2.05) is 18.2 Å². The Labute approximate surface area is 126 Å². The van der Waals surface area contributed by atoms with Crippen LogP contribution < -0.4 is 0 Å². The minimum absolute atomic E-state index is 0.0378. The second-order valence-corrected chi connectivity index (χ2v) is 4.69. The van der Waals surface area contributed by atoms with Crippen LogP contribution in [-0.2, 0) is 4.74 Å². The Bertz CT molecular complexity index is 451. The Morgan fingerprint density at radius 1 is 0.955 bits per heavy atom. The van der Waals surface area contributed by atoms with E-state index in [1.165, 1.54) is 0 Å². The van der Waals surface area contributed by atoms with E-state index >= 15 is 0 Å². The fraction of sp³-hybridized carbons (Fsp3) is 0.750. The first-order valence-corrected chi connectivity index (χ1v) is 6.37. The molecule has 0 spiro atoms. The molecule has 0 aromatic rings. The number of nitriles is 3. The number of halogens is 3. The van der Waals surface area contributed by atoms with E-state index < -0.39 is 18.9 Å². The molecule has 22 heavy (non-hydrogen) atoms. The molecule has 0 saturated carbocycles. The number of ether oxygens (including phenoxy) is 1. The van der Waals surface area contributed by atoms with Gasteiger partial charge in [-0.3, -0.25) is 14.7 Å². The first kappa shape index (κ1) is 18.1. The summed E-state index contributed by atoms with van der Waals surface area (Å²) >= 11 is 0. The van der Waals surface area contributed by atoms with Crippen LogP contribution in [0.3, 0.4) is 0 Å². The number of nitrogens with zero attached hydrogens (tertiary/aromatic N) is 6. The largest absolute Gasteiger partial charge is 0.411 e. The van der Waals surface area contributed by atoms with Crippen molar-refractivity contribution in [3.63, 3.8) is 0 Å². The van der Waals surface area contributed by atoms with Gasteiger partial charge in [0, 0.05) is 0 Å². The van der Waals surface area contributed by atoms with E-state index in [-0.39, 0.29) is 39.6 Å². The van der Waals surface area contributed by atoms with Crippen molar-refractivity contribution in [2.24, 2.45) is 0 Å². The minimum atomic E-state index is -4.43. The fourth-order valence-electron chi connectivity index (χ4n) is 2.16. The zero-order valence-electron chi connectivity index (χ0n) is 11.8. The summed E-state index contributed by atoms with van der Waals surface area (Å²) in [6, 6.07) is 5.82. The second-order valence-electron chi connectivity index (χ2n) is 4.69. The van der Waals surface area contributed by atoms with Gasteiger partial charge in [-0.2, -0.15) is 29.0 Å². The van der Waals surface area contributed by atoms with Crippen LogP contribution in [0.2, 0.25) is 0 Å². The van der Waals surface area contributed by atoms with Gasteiger partial charge in [0.05, 0.1) is 64.0 Å². The molecule has 0 radical (unpaired) electrons. The second kappa shape index (κ2) is 8.52. The zero-order valence-corrected chi connectivity index (χ0v) is 11.8. The lowest BCUT2D eigenvalue weighted by molar-refractivity contribution is -0.187. The van der Waals surface area contributed by atoms with Crippen molar-refractivity contribution in [3.05, 3.63) is 0 Å². The zero-order chi connectivity index (χ0) is 16.6. The number of hydrogen-bond donors (Lipinski definition) is 0. The molecule has 1 saturated heterocycles. The molecule has 1 fully saturated rings. The van der Waals surface area contributed by atoms with Crippen LogP contribution in [0.4, 0.5) is 13.2 Å². The van der Waals surface area contributed by atoms with Gasteiger partial charge in [0.2, 0.25) is 0 Å². The van der Waals surface area contributed by atoms with Crippen molar-refractivity contribution in [2.75, 3.05) is 46.2 Å². The quantitative estimate of drug-likeness (QED) is 0.651. The van der Waals surface area contributed by atoms with Crippen LogP contribution in [0.15, 0.2) is 0 Å². The normalized spacial score (nSPS) is 18.5. The van der Waals surface area contributed by atoms with Crippen molar-refractivity contribution in [1.82, 2.24) is 14.7 Å². The van der Waals surface area contributed by atoms with Gasteiger partial charge >= 0.3 is 6.18 Å². The summed E-state index contributed by atoms with van der Waals surface area (Å²) in [5.41, 5.74) is 0. The smallest absolute Gasteiger partial charge is 0.369 e. The van der Waals surface area contributed by atoms with Gasteiger partial charge < -0.3 is 4.74 Å². The Balaban J connectivity index is 2.75. The van der Waals surface area contributed by atoms with E-state index in [0.29, 0.717) is 0 Å². The molecule has 0 unspecified atom stereocenters. The van der Waals surface area contributed by atoms with Gasteiger partial charge in [0.1, 0.15) is 6.61 Å². The molecule has 120 valence electrons. The highest BCUT2D eigenvalue weighted by Crippen LogP contribution is 2.18. The molecular weight excluding hydrogens is 301 g/mol. The Morgan fingerprint density at radius 2 is 1.45 bits per heavy atom. The van der Waals surface area contributed by atoms with Crippen molar-refractivity contribution in [3.8, 4) is 18.2 Å². The lowest BCUT2D eigenvalue weighted by atomic mass is 10.3. The molecule has 7 nitrogen and oxygen atoms in total. The molecule has 1 aliphatic heterocycles. The molecule has 0 amide bonds. The molecule has 10 heteroatoms. The molecule has 0 aromatic heterocycles. The molecule has 0 bridgehead atoms. The third kappa shape index (κ3) is 5.84. The Morgan fingerprint density at radius 3 is 1.86 bits per heavy atom. The van der Waals surface area contributed by atoms with Crippen LogP contribution in [0.25, 0.3) is 0 Å². The summed E-state index contributed by atoms with van der Waals surface area (Å²) in [5, 5.41) is 26.4. The molecule has 1 heterocycles. The molecule has 0 aliphatic carbocycles. The van der Waals surface area contributed by atoms with E-state index in [0.717, 1.165) is 0 Å². The lowest BCUT2D eigenvalue weighted by Crippen LogP contribution is -2.62. The van der Waals surface area contributed by atoms with Crippen LogP contribution >= 0.6 is 0 Å². The summed E-state index contributed by atoms with van der Waals surface area (Å²) in [4.78, 5) is 4.85. The highest BCUT2D eigenvalue weighted by atomic mass is 19.4. The van der Waals surface area contributed by atoms with Crippen molar-refractivity contribution >= 4 is 0 Å². The Hall–Kier alpha value is -1.90. The molecule has 0 atom stereocenters. The third-order valence-electron chi connectivity index (χ3n) is 2.98. The SMILES string of the molecule is N#CCN1CN(CC#N)C(COCC(F)(F)F)N(CC#N)C1. The summed E-state index contributed by atoms with van der Waals surface area (Å²) in [7, 11) is 0. The molecule has 0 N–H and O–H groups in total. The van der Waals surface area contributed by atoms with Crippen molar-refractivity contribution in [2.45, 2.75) is 12.3 Å². The standard InChI is InChI=1S/C12H15F3N6O/c13-12(14,15)8-22-7-11-20(5-2-17)9-19(4-1-16)10-21(11)6-3-18/h11H,4-10H2. The van der Waals surface area contributed by atoms with Crippen LogP contribution in [-0.4, -0.2) is 73.2 Å². The fourth-order valence-corrected chi connectivity index (χ4v) is 2.16. The van der Waals surface area contributed by atoms with Gasteiger partial charge in [-0.1, -0.05) is 0 Å². The minimum Gasteiger partial charge on any atom is -0.369 e. The molecule has 1 rings (SSSR count). The maximum Gasteiger partial charge on any atom is 0.411 e. The predicted octanol–water partition coefficient (Wildman–Crippen LogP) is 0.297. The highest BCUT2D eigenvalue weighted by molar-refractivity contribution is 4.91.